The second kappa shape index (κ2) is 9.61. The maximum Gasteiger partial charge on any atom is 0.283 e. The van der Waals surface area contributed by atoms with E-state index in [1.807, 2.05) is 31.2 Å². The number of fused-ring (bicyclic) bond motifs is 1. The quantitative estimate of drug-likeness (QED) is 0.351. The molecule has 1 N–H and O–H groups in total. The molecule has 0 aromatic heterocycles. The number of carbonyl (C=O) groups is 1. The minimum atomic E-state index is -3.72. The highest BCUT2D eigenvalue weighted by Crippen LogP contribution is 2.31. The topological polar surface area (TPSA) is 121 Å². The van der Waals surface area contributed by atoms with Crippen LogP contribution in [0.1, 0.15) is 11.1 Å². The molecule has 0 aliphatic carbocycles. The Morgan fingerprint density at radius 2 is 1.85 bits per heavy atom. The number of nitrogens with zero attached hydrogens (tertiary/aromatic N) is 3. The highest BCUT2D eigenvalue weighted by atomic mass is 35.5. The van der Waals surface area contributed by atoms with Crippen molar-refractivity contribution in [3.8, 4) is 11.5 Å². The fraction of sp³-hybridized carbons (Fsp3) is 0.182. The van der Waals surface area contributed by atoms with Gasteiger partial charge in [-0.2, -0.15) is 9.39 Å². The fourth-order valence-electron chi connectivity index (χ4n) is 3.15. The summed E-state index contributed by atoms with van der Waals surface area (Å²) in [5.74, 6) is 0.225. The first-order valence-electron chi connectivity index (χ1n) is 9.95. The van der Waals surface area contributed by atoms with Crippen LogP contribution in [-0.4, -0.2) is 54.9 Å². The number of rotatable bonds is 6. The van der Waals surface area contributed by atoms with E-state index < -0.39 is 15.7 Å². The molecular weight excluding hydrogens is 500 g/mol. The Kier molecular flexibility index (Phi) is 6.78. The molecule has 0 fully saturated rings. The van der Waals surface area contributed by atoms with Gasteiger partial charge in [0.2, 0.25) is 20.2 Å². The molecule has 2 aliphatic heterocycles. The predicted molar refractivity (Wildman–Crippen MR) is 133 cm³/mol. The number of benzene rings is 2. The number of halogens is 1. The van der Waals surface area contributed by atoms with E-state index in [1.54, 1.807) is 18.2 Å². The lowest BCUT2D eigenvalue weighted by Gasteiger charge is -2.23. The van der Waals surface area contributed by atoms with Gasteiger partial charge in [0.15, 0.2) is 0 Å². The monoisotopic (exact) mass is 518 g/mol. The van der Waals surface area contributed by atoms with Crippen LogP contribution in [-0.2, 0) is 14.6 Å². The Hall–Kier alpha value is -3.15. The summed E-state index contributed by atoms with van der Waals surface area (Å²) in [7, 11) is -3.72. The van der Waals surface area contributed by atoms with Gasteiger partial charge in [-0.1, -0.05) is 35.9 Å². The largest absolute Gasteiger partial charge is 0.490 e. The van der Waals surface area contributed by atoms with E-state index in [0.29, 0.717) is 22.9 Å². The van der Waals surface area contributed by atoms with Gasteiger partial charge >= 0.3 is 0 Å². The molecule has 2 aromatic rings. The predicted octanol–water partition coefficient (Wildman–Crippen LogP) is 3.73. The number of carbonyl (C=O) groups excluding carboxylic acids is 1. The number of aryl methyl sites for hydroxylation is 1. The minimum Gasteiger partial charge on any atom is -0.490 e. The zero-order valence-corrected chi connectivity index (χ0v) is 20.5. The lowest BCUT2D eigenvalue weighted by atomic mass is 10.1. The smallest absolute Gasteiger partial charge is 0.283 e. The molecule has 0 unspecified atom stereocenters. The van der Waals surface area contributed by atoms with Crippen molar-refractivity contribution in [1.82, 2.24) is 4.90 Å². The number of sulfone groups is 1. The summed E-state index contributed by atoms with van der Waals surface area (Å²) < 4.78 is 39.2. The van der Waals surface area contributed by atoms with Gasteiger partial charge in [0.25, 0.3) is 5.91 Å². The lowest BCUT2D eigenvalue weighted by molar-refractivity contribution is -0.114. The van der Waals surface area contributed by atoms with Gasteiger partial charge in [-0.25, -0.2) is 13.3 Å². The van der Waals surface area contributed by atoms with E-state index in [-0.39, 0.29) is 28.4 Å². The summed E-state index contributed by atoms with van der Waals surface area (Å²) >= 11 is 7.08. The Morgan fingerprint density at radius 3 is 2.53 bits per heavy atom. The molecule has 0 bridgehead atoms. The number of aliphatic imine (C=N–C) groups is 1. The molecule has 4 rings (SSSR count). The van der Waals surface area contributed by atoms with E-state index in [0.717, 1.165) is 34.4 Å². The van der Waals surface area contributed by atoms with E-state index in [2.05, 4.69) is 9.39 Å². The van der Waals surface area contributed by atoms with Crippen LogP contribution >= 0.6 is 23.5 Å². The van der Waals surface area contributed by atoms with Crippen molar-refractivity contribution in [2.45, 2.75) is 6.92 Å². The summed E-state index contributed by atoms with van der Waals surface area (Å²) in [5.41, 5.74) is 1.46. The third-order valence-corrected chi connectivity index (χ3v) is 6.83. The second-order valence-electron chi connectivity index (χ2n) is 7.33. The van der Waals surface area contributed by atoms with Crippen LogP contribution < -0.4 is 9.47 Å². The number of hydrogen-bond acceptors (Lipinski definition) is 8. The zero-order valence-electron chi connectivity index (χ0n) is 18.1. The number of ether oxygens (including phenoxy) is 2. The van der Waals surface area contributed by atoms with Gasteiger partial charge < -0.3 is 9.47 Å². The third-order valence-electron chi connectivity index (χ3n) is 4.78. The minimum absolute atomic E-state index is 0.0299. The van der Waals surface area contributed by atoms with Gasteiger partial charge in [0, 0.05) is 6.26 Å². The standard InChI is InChI=1S/C22H19ClN4O5S2/c1-13-5-3-4-6-17(13)31-9-10-32-18-8-7-14(12-16(18)23)11-15-19(24)27-21(25-20(15)28)33-26-22(27)34(2,29)30/h3-8,11-12,24H,9-10H2,1-2H3/b15-11-,24-19?. The molecule has 2 aromatic carbocycles. The molecule has 2 aliphatic rings. The summed E-state index contributed by atoms with van der Waals surface area (Å²) in [6, 6.07) is 12.6. The van der Waals surface area contributed by atoms with Gasteiger partial charge in [0.05, 0.1) is 22.5 Å². The molecule has 2 heterocycles. The lowest BCUT2D eigenvalue weighted by Crippen LogP contribution is -2.45. The van der Waals surface area contributed by atoms with Crippen LogP contribution in [0.2, 0.25) is 5.02 Å². The van der Waals surface area contributed by atoms with Crippen molar-refractivity contribution < 1.29 is 22.7 Å². The summed E-state index contributed by atoms with van der Waals surface area (Å²) in [5, 5.41) is 8.38. The van der Waals surface area contributed by atoms with Crippen LogP contribution in [0.5, 0.6) is 11.5 Å². The molecule has 12 heteroatoms. The van der Waals surface area contributed by atoms with Crippen molar-refractivity contribution in [2.24, 2.45) is 9.39 Å². The average Bonchev–Trinajstić information content (AvgIpc) is 3.21. The Balaban J connectivity index is 1.46. The van der Waals surface area contributed by atoms with Crippen LogP contribution in [0.3, 0.4) is 0 Å². The maximum absolute atomic E-state index is 12.5. The molecule has 0 spiro atoms. The molecule has 0 atom stereocenters. The zero-order chi connectivity index (χ0) is 24.5. The second-order valence-corrected chi connectivity index (χ2v) is 10.4. The Morgan fingerprint density at radius 1 is 1.15 bits per heavy atom. The van der Waals surface area contributed by atoms with Crippen LogP contribution in [0.25, 0.3) is 6.08 Å². The number of para-hydroxylation sites is 1. The number of amidine groups is 3. The first-order valence-corrected chi connectivity index (χ1v) is 13.0. The van der Waals surface area contributed by atoms with Crippen molar-refractivity contribution in [3.05, 3.63) is 64.2 Å². The van der Waals surface area contributed by atoms with Crippen LogP contribution in [0.15, 0.2) is 57.4 Å². The van der Waals surface area contributed by atoms with E-state index in [4.69, 9.17) is 26.5 Å². The Bertz CT molecular complexity index is 1390. The highest BCUT2D eigenvalue weighted by Gasteiger charge is 2.41. The number of hydrogen-bond donors (Lipinski definition) is 1. The highest BCUT2D eigenvalue weighted by molar-refractivity contribution is 8.16. The Labute approximate surface area is 205 Å². The summed E-state index contributed by atoms with van der Waals surface area (Å²) in [6.45, 7) is 2.56. The molecule has 0 radical (unpaired) electrons. The number of amides is 1. The SMILES string of the molecule is Cc1ccccc1OCCOc1ccc(/C=C2/C(=N)N3C(=NC2=O)SN=C3S(C)(=O)=O)cc1Cl. The first-order chi connectivity index (χ1) is 16.1. The average molecular weight is 519 g/mol. The number of nitrogens with one attached hydrogen (secondary N) is 1. The van der Waals surface area contributed by atoms with Gasteiger partial charge in [-0.15, -0.1) is 0 Å². The first kappa shape index (κ1) is 24.0. The third kappa shape index (κ3) is 5.01. The molecule has 34 heavy (non-hydrogen) atoms. The normalized spacial score (nSPS) is 16.9. The van der Waals surface area contributed by atoms with Gasteiger partial charge in [-0.3, -0.25) is 10.2 Å². The molecule has 176 valence electrons. The fourth-order valence-corrected chi connectivity index (χ4v) is 5.24. The maximum atomic E-state index is 12.5. The summed E-state index contributed by atoms with van der Waals surface area (Å²) in [4.78, 5) is 17.4. The van der Waals surface area contributed by atoms with E-state index >= 15 is 0 Å². The van der Waals surface area contributed by atoms with E-state index in [1.165, 1.54) is 6.08 Å². The van der Waals surface area contributed by atoms with Gasteiger partial charge in [-0.05, 0) is 42.3 Å². The molecule has 9 nitrogen and oxygen atoms in total. The van der Waals surface area contributed by atoms with Crippen molar-refractivity contribution in [2.75, 3.05) is 19.5 Å². The van der Waals surface area contributed by atoms with Crippen molar-refractivity contribution in [3.63, 3.8) is 0 Å². The van der Waals surface area contributed by atoms with Crippen LogP contribution in [0, 0.1) is 12.3 Å². The summed E-state index contributed by atoms with van der Waals surface area (Å²) in [6.07, 6.45) is 2.40. The van der Waals surface area contributed by atoms with Crippen molar-refractivity contribution in [1.29, 1.82) is 5.41 Å². The molecule has 1 amide bonds. The molecule has 0 saturated carbocycles. The van der Waals surface area contributed by atoms with E-state index in [9.17, 15) is 13.2 Å². The molecular formula is C22H19ClN4O5S2. The molecule has 0 saturated heterocycles. The van der Waals surface area contributed by atoms with Gasteiger partial charge in [0.1, 0.15) is 30.5 Å². The van der Waals surface area contributed by atoms with Crippen LogP contribution in [0.4, 0.5) is 0 Å². The van der Waals surface area contributed by atoms with Crippen molar-refractivity contribution >= 4 is 61.5 Å².